The van der Waals surface area contributed by atoms with E-state index in [1.807, 2.05) is 16.8 Å². The van der Waals surface area contributed by atoms with Crippen molar-refractivity contribution in [1.82, 2.24) is 9.78 Å². The zero-order chi connectivity index (χ0) is 12.4. The van der Waals surface area contributed by atoms with Gasteiger partial charge in [0.15, 0.2) is 0 Å². The van der Waals surface area contributed by atoms with E-state index >= 15 is 0 Å². The van der Waals surface area contributed by atoms with E-state index in [2.05, 4.69) is 18.9 Å². The van der Waals surface area contributed by atoms with Crippen LogP contribution in [0.1, 0.15) is 24.2 Å². The summed E-state index contributed by atoms with van der Waals surface area (Å²) >= 11 is 1.54. The van der Waals surface area contributed by atoms with Crippen molar-refractivity contribution in [2.24, 2.45) is 5.92 Å². The summed E-state index contributed by atoms with van der Waals surface area (Å²) in [6.07, 6.45) is 1.61. The van der Waals surface area contributed by atoms with E-state index in [4.69, 9.17) is 5.11 Å². The number of carboxylic acid groups (broad SMARTS) is 1. The molecule has 0 aliphatic rings. The van der Waals surface area contributed by atoms with Crippen LogP contribution in [0.15, 0.2) is 23.0 Å². The van der Waals surface area contributed by atoms with E-state index in [-0.39, 0.29) is 5.56 Å². The van der Waals surface area contributed by atoms with E-state index in [1.165, 1.54) is 11.3 Å². The lowest BCUT2D eigenvalue weighted by Gasteiger charge is -2.03. The van der Waals surface area contributed by atoms with Crippen molar-refractivity contribution in [2.45, 2.75) is 20.4 Å². The van der Waals surface area contributed by atoms with Crippen molar-refractivity contribution >= 4 is 17.3 Å². The van der Waals surface area contributed by atoms with Gasteiger partial charge in [-0.05, 0) is 17.4 Å². The third kappa shape index (κ3) is 2.55. The predicted molar refractivity (Wildman–Crippen MR) is 67.3 cm³/mol. The second-order valence-corrected chi connectivity index (χ2v) is 5.10. The van der Waals surface area contributed by atoms with E-state index in [9.17, 15) is 4.79 Å². The molecule has 2 rings (SSSR count). The van der Waals surface area contributed by atoms with Gasteiger partial charge in [0.25, 0.3) is 0 Å². The highest BCUT2D eigenvalue weighted by molar-refractivity contribution is 7.08. The maximum atomic E-state index is 11.2. The number of rotatable bonds is 4. The number of carbonyl (C=O) groups is 1. The number of thiophene rings is 1. The van der Waals surface area contributed by atoms with Crippen LogP contribution in [0, 0.1) is 5.92 Å². The van der Waals surface area contributed by atoms with Crippen molar-refractivity contribution in [3.05, 3.63) is 28.6 Å². The molecule has 2 heterocycles. The van der Waals surface area contributed by atoms with Gasteiger partial charge in [-0.2, -0.15) is 16.4 Å². The van der Waals surface area contributed by atoms with Crippen molar-refractivity contribution in [3.63, 3.8) is 0 Å². The molecule has 5 heteroatoms. The topological polar surface area (TPSA) is 55.1 Å². The fourth-order valence-electron chi connectivity index (χ4n) is 1.66. The SMILES string of the molecule is CC(C)Cn1cc(C(=O)O)c(-c2ccsc2)n1. The minimum Gasteiger partial charge on any atom is -0.478 e. The number of aromatic nitrogens is 2. The Balaban J connectivity index is 2.43. The third-order valence-corrected chi connectivity index (χ3v) is 3.02. The fourth-order valence-corrected chi connectivity index (χ4v) is 2.30. The Bertz CT molecular complexity index is 515. The highest BCUT2D eigenvalue weighted by Crippen LogP contribution is 2.24. The van der Waals surface area contributed by atoms with Crippen LogP contribution in [-0.4, -0.2) is 20.9 Å². The van der Waals surface area contributed by atoms with Crippen molar-refractivity contribution in [3.8, 4) is 11.3 Å². The fraction of sp³-hybridized carbons (Fsp3) is 0.333. The Hall–Kier alpha value is -1.62. The summed E-state index contributed by atoms with van der Waals surface area (Å²) in [5.41, 5.74) is 1.69. The maximum Gasteiger partial charge on any atom is 0.339 e. The van der Waals surface area contributed by atoms with E-state index < -0.39 is 5.97 Å². The largest absolute Gasteiger partial charge is 0.478 e. The van der Waals surface area contributed by atoms with Crippen LogP contribution in [0.4, 0.5) is 0 Å². The molecule has 90 valence electrons. The lowest BCUT2D eigenvalue weighted by Crippen LogP contribution is -2.04. The zero-order valence-corrected chi connectivity index (χ0v) is 10.6. The minimum absolute atomic E-state index is 0.268. The third-order valence-electron chi connectivity index (χ3n) is 2.34. The quantitative estimate of drug-likeness (QED) is 0.907. The van der Waals surface area contributed by atoms with Crippen LogP contribution in [-0.2, 0) is 6.54 Å². The first-order valence-electron chi connectivity index (χ1n) is 5.41. The number of hydrogen-bond donors (Lipinski definition) is 1. The second kappa shape index (κ2) is 4.71. The van der Waals surface area contributed by atoms with E-state index in [1.54, 1.807) is 10.9 Å². The summed E-state index contributed by atoms with van der Waals surface area (Å²) in [4.78, 5) is 11.2. The first-order chi connectivity index (χ1) is 8.08. The molecule has 0 aromatic carbocycles. The smallest absolute Gasteiger partial charge is 0.339 e. The molecular weight excluding hydrogens is 236 g/mol. The Morgan fingerprint density at radius 1 is 1.59 bits per heavy atom. The van der Waals surface area contributed by atoms with Gasteiger partial charge < -0.3 is 5.11 Å². The molecule has 0 saturated carbocycles. The molecule has 4 nitrogen and oxygen atoms in total. The average Bonchev–Trinajstić information content (AvgIpc) is 2.82. The normalized spacial score (nSPS) is 11.0. The molecule has 1 N–H and O–H groups in total. The van der Waals surface area contributed by atoms with Gasteiger partial charge in [0, 0.05) is 23.7 Å². The van der Waals surface area contributed by atoms with Gasteiger partial charge in [-0.3, -0.25) is 4.68 Å². The van der Waals surface area contributed by atoms with Crippen molar-refractivity contribution in [2.75, 3.05) is 0 Å². The summed E-state index contributed by atoms with van der Waals surface area (Å²) in [6, 6.07) is 1.89. The van der Waals surface area contributed by atoms with Gasteiger partial charge >= 0.3 is 5.97 Å². The molecule has 0 radical (unpaired) electrons. The van der Waals surface area contributed by atoms with E-state index in [0.29, 0.717) is 11.6 Å². The van der Waals surface area contributed by atoms with Crippen molar-refractivity contribution in [1.29, 1.82) is 0 Å². The summed E-state index contributed by atoms with van der Waals surface area (Å²) in [7, 11) is 0. The van der Waals surface area contributed by atoms with Gasteiger partial charge in [-0.1, -0.05) is 13.8 Å². The second-order valence-electron chi connectivity index (χ2n) is 4.32. The molecule has 0 spiro atoms. The lowest BCUT2D eigenvalue weighted by molar-refractivity contribution is 0.0697. The minimum atomic E-state index is -0.929. The Morgan fingerprint density at radius 3 is 2.88 bits per heavy atom. The van der Waals surface area contributed by atoms with Crippen LogP contribution in [0.25, 0.3) is 11.3 Å². The highest BCUT2D eigenvalue weighted by Gasteiger charge is 2.17. The van der Waals surface area contributed by atoms with Crippen LogP contribution >= 0.6 is 11.3 Å². The molecule has 0 unspecified atom stereocenters. The van der Waals surface area contributed by atoms with Crippen LogP contribution < -0.4 is 0 Å². The molecular formula is C12H14N2O2S. The molecule has 17 heavy (non-hydrogen) atoms. The zero-order valence-electron chi connectivity index (χ0n) is 9.75. The Morgan fingerprint density at radius 2 is 2.35 bits per heavy atom. The molecule has 0 aliphatic carbocycles. The first-order valence-corrected chi connectivity index (χ1v) is 6.35. The van der Waals surface area contributed by atoms with Gasteiger partial charge in [0.1, 0.15) is 11.3 Å². The molecule has 0 atom stereocenters. The standard InChI is InChI=1S/C12H14N2O2S/c1-8(2)5-14-6-10(12(15)16)11(13-14)9-3-4-17-7-9/h3-4,6-8H,5H2,1-2H3,(H,15,16). The monoisotopic (exact) mass is 250 g/mol. The molecule has 0 amide bonds. The lowest BCUT2D eigenvalue weighted by atomic mass is 10.1. The Labute approximate surface area is 104 Å². The number of aromatic carboxylic acids is 1. The summed E-state index contributed by atoms with van der Waals surface area (Å²) in [6.45, 7) is 4.88. The molecule has 0 bridgehead atoms. The van der Waals surface area contributed by atoms with Gasteiger partial charge in [-0.15, -0.1) is 0 Å². The molecule has 2 aromatic rings. The average molecular weight is 250 g/mol. The number of carboxylic acids is 1. The van der Waals surface area contributed by atoms with E-state index in [0.717, 1.165) is 12.1 Å². The number of nitrogens with zero attached hydrogens (tertiary/aromatic N) is 2. The van der Waals surface area contributed by atoms with Crippen LogP contribution in [0.2, 0.25) is 0 Å². The van der Waals surface area contributed by atoms with Crippen LogP contribution in [0.5, 0.6) is 0 Å². The Kier molecular flexibility index (Phi) is 3.28. The highest BCUT2D eigenvalue weighted by atomic mass is 32.1. The summed E-state index contributed by atoms with van der Waals surface area (Å²) in [5.74, 6) is -0.493. The van der Waals surface area contributed by atoms with Gasteiger partial charge in [-0.25, -0.2) is 4.79 Å². The molecule has 0 fully saturated rings. The maximum absolute atomic E-state index is 11.2. The summed E-state index contributed by atoms with van der Waals surface area (Å²) in [5, 5.41) is 17.3. The van der Waals surface area contributed by atoms with Gasteiger partial charge in [0.2, 0.25) is 0 Å². The van der Waals surface area contributed by atoms with Gasteiger partial charge in [0.05, 0.1) is 0 Å². The molecule has 0 aliphatic heterocycles. The predicted octanol–water partition coefficient (Wildman–Crippen LogP) is 2.97. The number of hydrogen-bond acceptors (Lipinski definition) is 3. The first kappa shape index (κ1) is 11.9. The summed E-state index contributed by atoms with van der Waals surface area (Å²) < 4.78 is 1.71. The van der Waals surface area contributed by atoms with Crippen molar-refractivity contribution < 1.29 is 9.90 Å². The molecule has 0 saturated heterocycles. The molecule has 2 aromatic heterocycles. The van der Waals surface area contributed by atoms with Crippen LogP contribution in [0.3, 0.4) is 0 Å².